The number of para-hydroxylation sites is 1. The van der Waals surface area contributed by atoms with Gasteiger partial charge in [0.2, 0.25) is 0 Å². The molecule has 0 aliphatic heterocycles. The van der Waals surface area contributed by atoms with E-state index in [-0.39, 0.29) is 17.0 Å². The fourth-order valence-electron chi connectivity index (χ4n) is 2.99. The van der Waals surface area contributed by atoms with Gasteiger partial charge >= 0.3 is 6.18 Å². The van der Waals surface area contributed by atoms with E-state index in [9.17, 15) is 18.0 Å². The maximum Gasteiger partial charge on any atom is 0.400 e. The Morgan fingerprint density at radius 3 is 2.60 bits per heavy atom. The van der Waals surface area contributed by atoms with Crippen LogP contribution in [0, 0.1) is 5.41 Å². The standard InChI is InChI=1S/C18H19F3N2O2/c1-17(2)9-8-13-14(16(17)24)15(23-22-13)12(18(19,20)21)10-25-11-6-4-3-5-7-11/h3-7,12H,8-10H2,1-2H3,(H,22,23). The van der Waals surface area contributed by atoms with Gasteiger partial charge in [-0.25, -0.2) is 0 Å². The van der Waals surface area contributed by atoms with Gasteiger partial charge in [-0.05, 0) is 25.0 Å². The third-order valence-electron chi connectivity index (χ3n) is 4.60. The van der Waals surface area contributed by atoms with Crippen molar-refractivity contribution in [2.45, 2.75) is 38.8 Å². The number of halogens is 3. The minimum atomic E-state index is -4.57. The lowest BCUT2D eigenvalue weighted by Gasteiger charge is -2.29. The molecule has 0 spiro atoms. The van der Waals surface area contributed by atoms with E-state index in [1.807, 2.05) is 0 Å². The Bertz CT molecular complexity index is 766. The van der Waals surface area contributed by atoms with Gasteiger partial charge in [0.15, 0.2) is 5.78 Å². The number of nitrogens with one attached hydrogen (secondary N) is 1. The molecule has 1 aliphatic carbocycles. The number of aryl methyl sites for hydroxylation is 1. The number of hydrogen-bond donors (Lipinski definition) is 1. The number of rotatable bonds is 4. The van der Waals surface area contributed by atoms with Crippen molar-refractivity contribution in [2.75, 3.05) is 6.61 Å². The van der Waals surface area contributed by atoms with E-state index in [2.05, 4.69) is 10.2 Å². The Morgan fingerprint density at radius 1 is 1.28 bits per heavy atom. The number of aromatic nitrogens is 2. The first-order valence-electron chi connectivity index (χ1n) is 8.06. The SMILES string of the molecule is CC1(C)CCc2[nH]nc(C(COc3ccccc3)C(F)(F)F)c2C1=O. The number of hydrogen-bond acceptors (Lipinski definition) is 3. The number of carbonyl (C=O) groups is 1. The summed E-state index contributed by atoms with van der Waals surface area (Å²) in [6.07, 6.45) is -3.48. The molecular weight excluding hydrogens is 333 g/mol. The summed E-state index contributed by atoms with van der Waals surface area (Å²) in [4.78, 5) is 12.7. The minimum absolute atomic E-state index is 0.0789. The van der Waals surface area contributed by atoms with Crippen LogP contribution >= 0.6 is 0 Å². The van der Waals surface area contributed by atoms with Crippen molar-refractivity contribution < 1.29 is 22.7 Å². The van der Waals surface area contributed by atoms with Gasteiger partial charge in [0.1, 0.15) is 18.3 Å². The monoisotopic (exact) mass is 352 g/mol. The molecule has 0 amide bonds. The molecule has 7 heteroatoms. The molecule has 3 rings (SSSR count). The van der Waals surface area contributed by atoms with Crippen LogP contribution in [0.4, 0.5) is 13.2 Å². The fourth-order valence-corrected chi connectivity index (χ4v) is 2.99. The highest BCUT2D eigenvalue weighted by Gasteiger charge is 2.47. The van der Waals surface area contributed by atoms with Gasteiger partial charge < -0.3 is 4.74 Å². The van der Waals surface area contributed by atoms with Crippen LogP contribution in [0.15, 0.2) is 30.3 Å². The van der Waals surface area contributed by atoms with Crippen molar-refractivity contribution in [3.8, 4) is 5.75 Å². The molecule has 1 N–H and O–H groups in total. The molecule has 25 heavy (non-hydrogen) atoms. The first kappa shape index (κ1) is 17.5. The topological polar surface area (TPSA) is 55.0 Å². The van der Waals surface area contributed by atoms with E-state index < -0.39 is 24.1 Å². The second-order valence-electron chi connectivity index (χ2n) is 6.89. The van der Waals surface area contributed by atoms with E-state index >= 15 is 0 Å². The highest BCUT2D eigenvalue weighted by molar-refractivity contribution is 6.03. The van der Waals surface area contributed by atoms with Crippen LogP contribution in [-0.4, -0.2) is 28.8 Å². The van der Waals surface area contributed by atoms with Crippen LogP contribution in [-0.2, 0) is 6.42 Å². The maximum absolute atomic E-state index is 13.6. The number of aromatic amines is 1. The number of H-pyrrole nitrogens is 1. The van der Waals surface area contributed by atoms with E-state index in [4.69, 9.17) is 4.74 Å². The van der Waals surface area contributed by atoms with E-state index in [0.717, 1.165) is 0 Å². The number of carbonyl (C=O) groups excluding carboxylic acids is 1. The molecule has 0 bridgehead atoms. The van der Waals surface area contributed by atoms with Crippen molar-refractivity contribution in [2.24, 2.45) is 5.41 Å². The third-order valence-corrected chi connectivity index (χ3v) is 4.60. The second kappa shape index (κ2) is 6.20. The summed E-state index contributed by atoms with van der Waals surface area (Å²) in [6.45, 7) is 2.87. The van der Waals surface area contributed by atoms with Crippen LogP contribution in [0.3, 0.4) is 0 Å². The van der Waals surface area contributed by atoms with Crippen molar-refractivity contribution in [3.05, 3.63) is 47.3 Å². The first-order chi connectivity index (χ1) is 11.7. The quantitative estimate of drug-likeness (QED) is 0.893. The average molecular weight is 352 g/mol. The normalized spacial score (nSPS) is 17.9. The number of Topliss-reactive ketones (excluding diaryl/α,β-unsaturated/α-hetero) is 1. The van der Waals surface area contributed by atoms with Gasteiger partial charge in [0, 0.05) is 11.1 Å². The number of ketones is 1. The smallest absolute Gasteiger partial charge is 0.400 e. The Kier molecular flexibility index (Phi) is 4.34. The van der Waals surface area contributed by atoms with Crippen LogP contribution < -0.4 is 4.74 Å². The van der Waals surface area contributed by atoms with Crippen LogP contribution in [0.5, 0.6) is 5.75 Å². The molecule has 1 heterocycles. The highest BCUT2D eigenvalue weighted by atomic mass is 19.4. The van der Waals surface area contributed by atoms with Crippen LogP contribution in [0.2, 0.25) is 0 Å². The zero-order chi connectivity index (χ0) is 18.2. The second-order valence-corrected chi connectivity index (χ2v) is 6.89. The number of fused-ring (bicyclic) bond motifs is 1. The summed E-state index contributed by atoms with van der Waals surface area (Å²) >= 11 is 0. The van der Waals surface area contributed by atoms with Gasteiger partial charge in [0.25, 0.3) is 0 Å². The molecule has 0 radical (unpaired) electrons. The molecule has 0 saturated carbocycles. The number of nitrogens with zero attached hydrogens (tertiary/aromatic N) is 1. The molecular formula is C18H19F3N2O2. The maximum atomic E-state index is 13.6. The lowest BCUT2D eigenvalue weighted by atomic mass is 9.74. The zero-order valence-corrected chi connectivity index (χ0v) is 14.0. The predicted octanol–water partition coefficient (Wildman–Crippen LogP) is 4.29. The summed E-state index contributed by atoms with van der Waals surface area (Å²) in [5.41, 5.74) is -0.401. The Balaban J connectivity index is 1.93. The number of alkyl halides is 3. The minimum Gasteiger partial charge on any atom is -0.493 e. The van der Waals surface area contributed by atoms with Gasteiger partial charge in [-0.3, -0.25) is 9.89 Å². The van der Waals surface area contributed by atoms with Crippen LogP contribution in [0.1, 0.15) is 47.9 Å². The molecule has 2 aromatic rings. The molecule has 134 valence electrons. The summed E-state index contributed by atoms with van der Waals surface area (Å²) in [6, 6.07) is 8.28. The fraction of sp³-hybridized carbons (Fsp3) is 0.444. The molecule has 1 aromatic carbocycles. The zero-order valence-electron chi connectivity index (χ0n) is 14.0. The van der Waals surface area contributed by atoms with Gasteiger partial charge in [-0.1, -0.05) is 32.0 Å². The molecule has 0 saturated heterocycles. The third kappa shape index (κ3) is 3.41. The van der Waals surface area contributed by atoms with E-state index in [0.29, 0.717) is 24.3 Å². The number of ether oxygens (including phenoxy) is 1. The predicted molar refractivity (Wildman–Crippen MR) is 85.8 cm³/mol. The molecule has 1 aromatic heterocycles. The van der Waals surface area contributed by atoms with Crippen molar-refractivity contribution >= 4 is 5.78 Å². The first-order valence-corrected chi connectivity index (χ1v) is 8.06. The Hall–Kier alpha value is -2.31. The van der Waals surface area contributed by atoms with Crippen molar-refractivity contribution in [1.82, 2.24) is 10.2 Å². The molecule has 4 nitrogen and oxygen atoms in total. The molecule has 1 unspecified atom stereocenters. The van der Waals surface area contributed by atoms with Crippen LogP contribution in [0.25, 0.3) is 0 Å². The molecule has 0 fully saturated rings. The average Bonchev–Trinajstić information content (AvgIpc) is 2.95. The van der Waals surface area contributed by atoms with Crippen molar-refractivity contribution in [1.29, 1.82) is 0 Å². The summed E-state index contributed by atoms with van der Waals surface area (Å²) in [7, 11) is 0. The molecule has 1 atom stereocenters. The largest absolute Gasteiger partial charge is 0.493 e. The summed E-state index contributed by atoms with van der Waals surface area (Å²) < 4.78 is 46.2. The summed E-state index contributed by atoms with van der Waals surface area (Å²) in [5.74, 6) is -1.93. The van der Waals surface area contributed by atoms with E-state index in [1.165, 1.54) is 0 Å². The Morgan fingerprint density at radius 2 is 1.96 bits per heavy atom. The lowest BCUT2D eigenvalue weighted by Crippen LogP contribution is -2.33. The van der Waals surface area contributed by atoms with E-state index in [1.54, 1.807) is 44.2 Å². The Labute approximate surface area is 143 Å². The van der Waals surface area contributed by atoms with Gasteiger partial charge in [0.05, 0.1) is 11.3 Å². The molecule has 1 aliphatic rings. The van der Waals surface area contributed by atoms with Crippen molar-refractivity contribution in [3.63, 3.8) is 0 Å². The van der Waals surface area contributed by atoms with Gasteiger partial charge in [-0.2, -0.15) is 18.3 Å². The number of benzene rings is 1. The van der Waals surface area contributed by atoms with Gasteiger partial charge in [-0.15, -0.1) is 0 Å². The highest BCUT2D eigenvalue weighted by Crippen LogP contribution is 2.41. The lowest BCUT2D eigenvalue weighted by molar-refractivity contribution is -0.157. The summed E-state index contributed by atoms with van der Waals surface area (Å²) in [5, 5.41) is 6.47.